The minimum Gasteiger partial charge on any atom is -0.442 e. The molecule has 1 unspecified atom stereocenters. The molecular formula is C25H23FN2O4S. The fourth-order valence-electron chi connectivity index (χ4n) is 4.17. The smallest absolute Gasteiger partial charge is 0.304 e. The van der Waals surface area contributed by atoms with Gasteiger partial charge in [0.15, 0.2) is 11.3 Å². The van der Waals surface area contributed by atoms with Crippen LogP contribution in [0.4, 0.5) is 4.39 Å². The molecule has 0 saturated carbocycles. The number of esters is 1. The SMILES string of the molecule is CC(=O)OC(C)n1c(C)c(Cc2cccnc2S(=O)(=O)c2ccccc2)c2cc(F)ccc21. The molecule has 0 N–H and O–H groups in total. The van der Waals surface area contributed by atoms with Crippen LogP contribution in [0.1, 0.15) is 36.9 Å². The molecule has 0 aliphatic carbocycles. The van der Waals surface area contributed by atoms with E-state index in [1.54, 1.807) is 43.3 Å². The Hall–Kier alpha value is -3.52. The summed E-state index contributed by atoms with van der Waals surface area (Å²) in [6, 6.07) is 15.9. The average Bonchev–Trinajstić information content (AvgIpc) is 3.05. The number of hydrogen-bond donors (Lipinski definition) is 0. The summed E-state index contributed by atoms with van der Waals surface area (Å²) in [5.74, 6) is -0.847. The van der Waals surface area contributed by atoms with E-state index in [4.69, 9.17) is 4.74 Å². The zero-order chi connectivity index (χ0) is 23.8. The second-order valence-corrected chi connectivity index (χ2v) is 9.63. The maximum absolute atomic E-state index is 14.2. The van der Waals surface area contributed by atoms with Crippen molar-refractivity contribution in [2.75, 3.05) is 0 Å². The van der Waals surface area contributed by atoms with Crippen LogP contribution < -0.4 is 0 Å². The molecule has 0 saturated heterocycles. The fourth-order valence-corrected chi connectivity index (χ4v) is 5.59. The van der Waals surface area contributed by atoms with E-state index in [0.717, 1.165) is 11.3 Å². The molecule has 0 aliphatic heterocycles. The normalized spacial score (nSPS) is 12.6. The van der Waals surface area contributed by atoms with Crippen LogP contribution in [0.2, 0.25) is 0 Å². The maximum atomic E-state index is 14.2. The van der Waals surface area contributed by atoms with Gasteiger partial charge in [-0.05, 0) is 61.4 Å². The lowest BCUT2D eigenvalue weighted by Crippen LogP contribution is -2.14. The number of benzene rings is 2. The zero-order valence-electron chi connectivity index (χ0n) is 18.4. The highest BCUT2D eigenvalue weighted by Gasteiger charge is 2.25. The van der Waals surface area contributed by atoms with E-state index in [-0.39, 0.29) is 16.3 Å². The Kier molecular flexibility index (Phi) is 6.03. The van der Waals surface area contributed by atoms with Gasteiger partial charge in [0.2, 0.25) is 9.84 Å². The number of pyridine rings is 1. The van der Waals surface area contributed by atoms with E-state index in [1.165, 1.54) is 37.4 Å². The monoisotopic (exact) mass is 466 g/mol. The molecule has 33 heavy (non-hydrogen) atoms. The summed E-state index contributed by atoms with van der Waals surface area (Å²) in [6.45, 7) is 4.90. The maximum Gasteiger partial charge on any atom is 0.304 e. The Bertz CT molecular complexity index is 1450. The number of ether oxygens (including phenoxy) is 1. The standard InChI is InChI=1S/C25H23FN2O4S/c1-16-22(23-15-20(26)11-12-24(23)28(16)17(2)32-18(3)29)14-19-8-7-13-27-25(19)33(30,31)21-9-5-4-6-10-21/h4-13,15,17H,14H2,1-3H3. The molecule has 0 bridgehead atoms. The van der Waals surface area contributed by atoms with Gasteiger partial charge in [-0.15, -0.1) is 0 Å². The number of carbonyl (C=O) groups is 1. The van der Waals surface area contributed by atoms with Crippen molar-refractivity contribution in [2.24, 2.45) is 0 Å². The largest absolute Gasteiger partial charge is 0.442 e. The molecule has 2 aromatic carbocycles. The molecule has 0 radical (unpaired) electrons. The minimum atomic E-state index is -3.85. The van der Waals surface area contributed by atoms with E-state index in [1.807, 2.05) is 11.5 Å². The van der Waals surface area contributed by atoms with Gasteiger partial charge < -0.3 is 9.30 Å². The zero-order valence-corrected chi connectivity index (χ0v) is 19.3. The van der Waals surface area contributed by atoms with Crippen molar-refractivity contribution in [3.8, 4) is 0 Å². The molecule has 8 heteroatoms. The molecular weight excluding hydrogens is 443 g/mol. The molecule has 2 heterocycles. The molecule has 4 aromatic rings. The van der Waals surface area contributed by atoms with Gasteiger partial charge in [0.25, 0.3) is 0 Å². The number of hydrogen-bond acceptors (Lipinski definition) is 5. The summed E-state index contributed by atoms with van der Waals surface area (Å²) in [5.41, 5.74) is 2.67. The second-order valence-electron chi connectivity index (χ2n) is 7.77. The molecule has 0 aliphatic rings. The summed E-state index contributed by atoms with van der Waals surface area (Å²) in [5, 5.41) is 0.583. The predicted octanol–water partition coefficient (Wildman–Crippen LogP) is 4.99. The third kappa shape index (κ3) is 4.26. The third-order valence-corrected chi connectivity index (χ3v) is 7.34. The van der Waals surface area contributed by atoms with Gasteiger partial charge in [-0.3, -0.25) is 4.79 Å². The number of fused-ring (bicyclic) bond motifs is 1. The fraction of sp³-hybridized carbons (Fsp3) is 0.200. The first kappa shape index (κ1) is 22.7. The highest BCUT2D eigenvalue weighted by molar-refractivity contribution is 7.91. The van der Waals surface area contributed by atoms with Crippen molar-refractivity contribution in [3.63, 3.8) is 0 Å². The van der Waals surface area contributed by atoms with Crippen molar-refractivity contribution >= 4 is 26.7 Å². The Morgan fingerprint density at radius 3 is 2.55 bits per heavy atom. The first-order valence-corrected chi connectivity index (χ1v) is 11.9. The Morgan fingerprint density at radius 2 is 1.85 bits per heavy atom. The number of rotatable bonds is 6. The summed E-state index contributed by atoms with van der Waals surface area (Å²) >= 11 is 0. The van der Waals surface area contributed by atoms with Crippen molar-refractivity contribution in [1.29, 1.82) is 0 Å². The topological polar surface area (TPSA) is 78.3 Å². The lowest BCUT2D eigenvalue weighted by molar-refractivity contribution is -0.149. The number of halogens is 1. The van der Waals surface area contributed by atoms with Crippen molar-refractivity contribution in [3.05, 3.63) is 89.5 Å². The number of carbonyl (C=O) groups excluding carboxylic acids is 1. The minimum absolute atomic E-state index is 0.0408. The van der Waals surface area contributed by atoms with Gasteiger partial charge in [-0.25, -0.2) is 17.8 Å². The van der Waals surface area contributed by atoms with Gasteiger partial charge in [0.05, 0.1) is 10.4 Å². The van der Waals surface area contributed by atoms with E-state index in [2.05, 4.69) is 4.98 Å². The van der Waals surface area contributed by atoms with Crippen LogP contribution in [0, 0.1) is 12.7 Å². The lowest BCUT2D eigenvalue weighted by atomic mass is 10.0. The van der Waals surface area contributed by atoms with E-state index < -0.39 is 27.9 Å². The summed E-state index contributed by atoms with van der Waals surface area (Å²) in [7, 11) is -3.85. The first-order chi connectivity index (χ1) is 15.7. The molecule has 0 amide bonds. The van der Waals surface area contributed by atoms with Crippen LogP contribution in [-0.4, -0.2) is 23.9 Å². The van der Waals surface area contributed by atoms with Gasteiger partial charge >= 0.3 is 5.97 Å². The highest BCUT2D eigenvalue weighted by atomic mass is 32.2. The van der Waals surface area contributed by atoms with Crippen molar-refractivity contribution in [1.82, 2.24) is 9.55 Å². The quantitative estimate of drug-likeness (QED) is 0.374. The molecule has 0 fully saturated rings. The molecule has 4 rings (SSSR count). The highest BCUT2D eigenvalue weighted by Crippen LogP contribution is 2.33. The predicted molar refractivity (Wildman–Crippen MR) is 122 cm³/mol. The second kappa shape index (κ2) is 8.78. The van der Waals surface area contributed by atoms with Crippen LogP contribution >= 0.6 is 0 Å². The van der Waals surface area contributed by atoms with E-state index >= 15 is 0 Å². The summed E-state index contributed by atoms with van der Waals surface area (Å²) in [6.07, 6.45) is 1.03. The van der Waals surface area contributed by atoms with Gasteiger partial charge in [-0.2, -0.15) is 0 Å². The Balaban J connectivity index is 1.87. The van der Waals surface area contributed by atoms with Crippen molar-refractivity contribution < 1.29 is 22.3 Å². The van der Waals surface area contributed by atoms with Gasteiger partial charge in [-0.1, -0.05) is 24.3 Å². The lowest BCUT2D eigenvalue weighted by Gasteiger charge is -2.17. The average molecular weight is 467 g/mol. The summed E-state index contributed by atoms with van der Waals surface area (Å²) in [4.78, 5) is 15.9. The molecule has 170 valence electrons. The molecule has 2 aromatic heterocycles. The van der Waals surface area contributed by atoms with Crippen LogP contribution in [0.25, 0.3) is 10.9 Å². The van der Waals surface area contributed by atoms with Crippen LogP contribution in [0.3, 0.4) is 0 Å². The van der Waals surface area contributed by atoms with Gasteiger partial charge in [0, 0.05) is 30.6 Å². The molecule has 1 atom stereocenters. The van der Waals surface area contributed by atoms with Crippen molar-refractivity contribution in [2.45, 2.75) is 43.3 Å². The first-order valence-electron chi connectivity index (χ1n) is 10.4. The molecule has 6 nitrogen and oxygen atoms in total. The summed E-state index contributed by atoms with van der Waals surface area (Å²) < 4.78 is 48.0. The van der Waals surface area contributed by atoms with Crippen LogP contribution in [0.5, 0.6) is 0 Å². The van der Waals surface area contributed by atoms with Gasteiger partial charge in [0.1, 0.15) is 5.82 Å². The third-order valence-electron chi connectivity index (χ3n) is 5.57. The Labute approximate surface area is 191 Å². The van der Waals surface area contributed by atoms with Crippen LogP contribution in [-0.2, 0) is 25.8 Å². The number of nitrogens with zero attached hydrogens (tertiary/aromatic N) is 2. The molecule has 0 spiro atoms. The number of sulfone groups is 1. The Morgan fingerprint density at radius 1 is 1.12 bits per heavy atom. The number of aromatic nitrogens is 2. The van der Waals surface area contributed by atoms with E-state index in [0.29, 0.717) is 16.5 Å². The van der Waals surface area contributed by atoms with E-state index in [9.17, 15) is 17.6 Å². The van der Waals surface area contributed by atoms with Crippen LogP contribution in [0.15, 0.2) is 76.8 Å².